The van der Waals surface area contributed by atoms with Gasteiger partial charge in [0.1, 0.15) is 5.82 Å². The fourth-order valence-electron chi connectivity index (χ4n) is 2.41. The maximum atomic E-state index is 12.2. The number of nitrogens with one attached hydrogen (secondary N) is 2. The average molecular weight is 280 g/mol. The van der Waals surface area contributed by atoms with Gasteiger partial charge in [-0.1, -0.05) is 6.92 Å². The summed E-state index contributed by atoms with van der Waals surface area (Å²) in [6.07, 6.45) is 5.49. The van der Waals surface area contributed by atoms with E-state index in [0.717, 1.165) is 25.2 Å². The van der Waals surface area contributed by atoms with Crippen LogP contribution in [0.5, 0.6) is 0 Å². The van der Waals surface area contributed by atoms with Gasteiger partial charge in [-0.05, 0) is 13.0 Å². The van der Waals surface area contributed by atoms with E-state index in [9.17, 15) is 4.79 Å². The molecule has 6 heteroatoms. The summed E-state index contributed by atoms with van der Waals surface area (Å²) in [5.41, 5.74) is 0. The first-order chi connectivity index (χ1) is 9.72. The zero-order chi connectivity index (χ0) is 14.4. The number of hydrogen-bond donors (Lipinski definition) is 2. The lowest BCUT2D eigenvalue weighted by Crippen LogP contribution is -2.44. The second kappa shape index (κ2) is 7.40. The summed E-state index contributed by atoms with van der Waals surface area (Å²) in [6.45, 7) is 4.78. The lowest BCUT2D eigenvalue weighted by molar-refractivity contribution is -0.125. The van der Waals surface area contributed by atoms with Gasteiger partial charge in [0.25, 0.3) is 0 Å². The largest absolute Gasteiger partial charge is 0.379 e. The quantitative estimate of drug-likeness (QED) is 0.743. The van der Waals surface area contributed by atoms with Crippen molar-refractivity contribution in [2.24, 2.45) is 13.0 Å². The fourth-order valence-corrected chi connectivity index (χ4v) is 2.41. The molecule has 2 unspecified atom stereocenters. The SMILES string of the molecule is CCCNC1COCC1C(=O)NCCc1nccn1C. The van der Waals surface area contributed by atoms with Crippen molar-refractivity contribution in [2.75, 3.05) is 26.3 Å². The molecular weight excluding hydrogens is 256 g/mol. The van der Waals surface area contributed by atoms with Crippen LogP contribution >= 0.6 is 0 Å². The zero-order valence-electron chi connectivity index (χ0n) is 12.3. The van der Waals surface area contributed by atoms with E-state index in [-0.39, 0.29) is 17.9 Å². The third-order valence-corrected chi connectivity index (χ3v) is 3.64. The maximum Gasteiger partial charge on any atom is 0.227 e. The number of rotatable bonds is 7. The van der Waals surface area contributed by atoms with Crippen molar-refractivity contribution in [1.29, 1.82) is 0 Å². The molecule has 112 valence electrons. The Morgan fingerprint density at radius 2 is 2.35 bits per heavy atom. The first kappa shape index (κ1) is 15.0. The van der Waals surface area contributed by atoms with Gasteiger partial charge in [0, 0.05) is 38.4 Å². The average Bonchev–Trinajstić information content (AvgIpc) is 3.06. The van der Waals surface area contributed by atoms with E-state index in [1.165, 1.54) is 0 Å². The predicted molar refractivity (Wildman–Crippen MR) is 76.3 cm³/mol. The van der Waals surface area contributed by atoms with Crippen LogP contribution in [-0.4, -0.2) is 47.8 Å². The summed E-state index contributed by atoms with van der Waals surface area (Å²) in [4.78, 5) is 16.4. The minimum atomic E-state index is -0.0806. The number of aromatic nitrogens is 2. The second-order valence-electron chi connectivity index (χ2n) is 5.20. The number of amides is 1. The van der Waals surface area contributed by atoms with Crippen LogP contribution in [0, 0.1) is 5.92 Å². The van der Waals surface area contributed by atoms with Gasteiger partial charge in [0.2, 0.25) is 5.91 Å². The molecule has 1 fully saturated rings. The summed E-state index contributed by atoms with van der Waals surface area (Å²) in [5.74, 6) is 0.974. The minimum absolute atomic E-state index is 0.0744. The normalized spacial score (nSPS) is 22.1. The first-order valence-electron chi connectivity index (χ1n) is 7.27. The molecule has 1 saturated heterocycles. The summed E-state index contributed by atoms with van der Waals surface area (Å²) in [7, 11) is 1.96. The van der Waals surface area contributed by atoms with Crippen LogP contribution in [0.25, 0.3) is 0 Å². The standard InChI is InChI=1S/C14H24N4O2/c1-3-5-15-12-10-20-9-11(12)14(19)17-6-4-13-16-7-8-18(13)2/h7-8,11-12,15H,3-6,9-10H2,1-2H3,(H,17,19). The van der Waals surface area contributed by atoms with Crippen molar-refractivity contribution in [3.8, 4) is 0 Å². The topological polar surface area (TPSA) is 68.2 Å². The second-order valence-corrected chi connectivity index (χ2v) is 5.20. The molecule has 1 amide bonds. The first-order valence-corrected chi connectivity index (χ1v) is 7.27. The third kappa shape index (κ3) is 3.80. The van der Waals surface area contributed by atoms with Crippen LogP contribution in [0.2, 0.25) is 0 Å². The number of carbonyl (C=O) groups excluding carboxylic acids is 1. The molecule has 0 radical (unpaired) electrons. The van der Waals surface area contributed by atoms with Crippen LogP contribution in [0.1, 0.15) is 19.2 Å². The molecule has 0 bridgehead atoms. The number of ether oxygens (including phenoxy) is 1. The number of hydrogen-bond acceptors (Lipinski definition) is 4. The summed E-state index contributed by atoms with van der Waals surface area (Å²) in [6, 6.07) is 0.142. The molecule has 2 N–H and O–H groups in total. The van der Waals surface area contributed by atoms with Crippen LogP contribution in [0.4, 0.5) is 0 Å². The van der Waals surface area contributed by atoms with E-state index in [2.05, 4.69) is 22.5 Å². The van der Waals surface area contributed by atoms with E-state index < -0.39 is 0 Å². The number of aryl methyl sites for hydroxylation is 1. The Kier molecular flexibility index (Phi) is 5.55. The zero-order valence-corrected chi connectivity index (χ0v) is 12.3. The molecular formula is C14H24N4O2. The molecule has 1 aliphatic heterocycles. The molecule has 0 spiro atoms. The van der Waals surface area contributed by atoms with Gasteiger partial charge in [-0.15, -0.1) is 0 Å². The van der Waals surface area contributed by atoms with Gasteiger partial charge in [-0.2, -0.15) is 0 Å². The van der Waals surface area contributed by atoms with Crippen LogP contribution in [0.15, 0.2) is 12.4 Å². The third-order valence-electron chi connectivity index (χ3n) is 3.64. The molecule has 0 aliphatic carbocycles. The Hall–Kier alpha value is -1.40. The summed E-state index contributed by atoms with van der Waals surface area (Å²) in [5, 5.41) is 6.36. The molecule has 0 aromatic carbocycles. The van der Waals surface area contributed by atoms with E-state index in [4.69, 9.17) is 4.74 Å². The molecule has 20 heavy (non-hydrogen) atoms. The van der Waals surface area contributed by atoms with Crippen molar-refractivity contribution >= 4 is 5.91 Å². The number of nitrogens with zero attached hydrogens (tertiary/aromatic N) is 2. The Balaban J connectivity index is 1.75. The Bertz CT molecular complexity index is 433. The van der Waals surface area contributed by atoms with Gasteiger partial charge < -0.3 is 19.9 Å². The molecule has 6 nitrogen and oxygen atoms in total. The minimum Gasteiger partial charge on any atom is -0.379 e. The Labute approximate surface area is 119 Å². The molecule has 1 aromatic heterocycles. The van der Waals surface area contributed by atoms with Gasteiger partial charge >= 0.3 is 0 Å². The number of imidazole rings is 1. The molecule has 1 aliphatic rings. The van der Waals surface area contributed by atoms with E-state index in [1.807, 2.05) is 17.8 Å². The molecule has 2 heterocycles. The molecule has 2 atom stereocenters. The predicted octanol–water partition coefficient (Wildman–Crippen LogP) is 0.0934. The van der Waals surface area contributed by atoms with Crippen LogP contribution in [-0.2, 0) is 23.0 Å². The van der Waals surface area contributed by atoms with Crippen molar-refractivity contribution in [3.63, 3.8) is 0 Å². The summed E-state index contributed by atoms with van der Waals surface area (Å²) >= 11 is 0. The van der Waals surface area contributed by atoms with E-state index >= 15 is 0 Å². The molecule has 1 aromatic rings. The highest BCUT2D eigenvalue weighted by atomic mass is 16.5. The summed E-state index contributed by atoms with van der Waals surface area (Å²) < 4.78 is 7.39. The highest BCUT2D eigenvalue weighted by molar-refractivity contribution is 5.79. The van der Waals surface area contributed by atoms with Crippen molar-refractivity contribution in [1.82, 2.24) is 20.2 Å². The van der Waals surface area contributed by atoms with Gasteiger partial charge in [0.05, 0.1) is 19.1 Å². The molecule has 0 saturated carbocycles. The maximum absolute atomic E-state index is 12.2. The highest BCUT2D eigenvalue weighted by Gasteiger charge is 2.33. The van der Waals surface area contributed by atoms with Crippen molar-refractivity contribution < 1.29 is 9.53 Å². The Morgan fingerprint density at radius 1 is 1.50 bits per heavy atom. The molecule has 2 rings (SSSR count). The monoisotopic (exact) mass is 280 g/mol. The van der Waals surface area contributed by atoms with Crippen molar-refractivity contribution in [3.05, 3.63) is 18.2 Å². The van der Waals surface area contributed by atoms with Gasteiger partial charge in [0.15, 0.2) is 0 Å². The van der Waals surface area contributed by atoms with E-state index in [1.54, 1.807) is 6.20 Å². The smallest absolute Gasteiger partial charge is 0.227 e. The van der Waals surface area contributed by atoms with Crippen LogP contribution in [0.3, 0.4) is 0 Å². The van der Waals surface area contributed by atoms with Crippen molar-refractivity contribution in [2.45, 2.75) is 25.8 Å². The van der Waals surface area contributed by atoms with E-state index in [0.29, 0.717) is 19.8 Å². The highest BCUT2D eigenvalue weighted by Crippen LogP contribution is 2.13. The lowest BCUT2D eigenvalue weighted by atomic mass is 10.0. The Morgan fingerprint density at radius 3 is 3.05 bits per heavy atom. The van der Waals surface area contributed by atoms with Crippen LogP contribution < -0.4 is 10.6 Å². The fraction of sp³-hybridized carbons (Fsp3) is 0.714. The number of carbonyl (C=O) groups is 1. The lowest BCUT2D eigenvalue weighted by Gasteiger charge is -2.18. The van der Waals surface area contributed by atoms with Gasteiger partial charge in [-0.25, -0.2) is 4.98 Å². The van der Waals surface area contributed by atoms with Gasteiger partial charge in [-0.3, -0.25) is 4.79 Å².